The summed E-state index contributed by atoms with van der Waals surface area (Å²) in [4.78, 5) is 13.7. The summed E-state index contributed by atoms with van der Waals surface area (Å²) >= 11 is 0. The highest BCUT2D eigenvalue weighted by Crippen LogP contribution is 2.18. The van der Waals surface area contributed by atoms with Crippen LogP contribution in [-0.4, -0.2) is 42.8 Å². The standard InChI is InChI=1S/C10H18N2O2/c1-8-10(13)12(6-5-11-8)9-4-2-3-7-14-9/h8-9,11H,2-7H2,1H3. The number of piperazine rings is 1. The zero-order valence-corrected chi connectivity index (χ0v) is 8.66. The fraction of sp³-hybridized carbons (Fsp3) is 0.900. The highest BCUT2D eigenvalue weighted by Gasteiger charge is 2.31. The number of hydrogen-bond donors (Lipinski definition) is 1. The van der Waals surface area contributed by atoms with Gasteiger partial charge in [0.1, 0.15) is 6.23 Å². The smallest absolute Gasteiger partial charge is 0.241 e. The van der Waals surface area contributed by atoms with E-state index in [1.54, 1.807) is 0 Å². The number of nitrogens with one attached hydrogen (secondary N) is 1. The molecule has 2 unspecified atom stereocenters. The van der Waals surface area contributed by atoms with Crippen LogP contribution in [0.2, 0.25) is 0 Å². The van der Waals surface area contributed by atoms with E-state index in [1.807, 2.05) is 11.8 Å². The Balaban J connectivity index is 1.97. The second-order valence-electron chi connectivity index (χ2n) is 4.03. The molecule has 2 saturated heterocycles. The molecule has 2 heterocycles. The Kier molecular flexibility index (Phi) is 3.03. The summed E-state index contributed by atoms with van der Waals surface area (Å²) in [5.41, 5.74) is 0. The predicted octanol–water partition coefficient (Wildman–Crippen LogP) is 0.333. The predicted molar refractivity (Wildman–Crippen MR) is 52.8 cm³/mol. The van der Waals surface area contributed by atoms with Crippen LogP contribution in [-0.2, 0) is 9.53 Å². The number of hydrogen-bond acceptors (Lipinski definition) is 3. The molecule has 0 saturated carbocycles. The average Bonchev–Trinajstić information content (AvgIpc) is 2.23. The highest BCUT2D eigenvalue weighted by atomic mass is 16.5. The lowest BCUT2D eigenvalue weighted by Gasteiger charge is -2.38. The topological polar surface area (TPSA) is 41.6 Å². The Morgan fingerprint density at radius 1 is 1.50 bits per heavy atom. The van der Waals surface area contributed by atoms with Crippen LogP contribution >= 0.6 is 0 Å². The molecule has 4 nitrogen and oxygen atoms in total. The second kappa shape index (κ2) is 4.28. The third kappa shape index (κ3) is 1.91. The summed E-state index contributed by atoms with van der Waals surface area (Å²) in [5.74, 6) is 0.183. The molecular formula is C10H18N2O2. The van der Waals surface area contributed by atoms with Crippen molar-refractivity contribution in [1.29, 1.82) is 0 Å². The number of ether oxygens (including phenoxy) is 1. The summed E-state index contributed by atoms with van der Waals surface area (Å²) in [5, 5.41) is 3.15. The number of carbonyl (C=O) groups excluding carboxylic acids is 1. The van der Waals surface area contributed by atoms with Crippen LogP contribution in [0.5, 0.6) is 0 Å². The Morgan fingerprint density at radius 3 is 3.07 bits per heavy atom. The van der Waals surface area contributed by atoms with Gasteiger partial charge in [-0.3, -0.25) is 4.79 Å². The van der Waals surface area contributed by atoms with E-state index in [0.29, 0.717) is 0 Å². The first-order valence-electron chi connectivity index (χ1n) is 5.44. The zero-order valence-electron chi connectivity index (χ0n) is 8.66. The first-order valence-corrected chi connectivity index (χ1v) is 5.44. The fourth-order valence-corrected chi connectivity index (χ4v) is 2.10. The molecule has 0 aromatic heterocycles. The summed E-state index contributed by atoms with van der Waals surface area (Å²) in [6, 6.07) is -0.0470. The van der Waals surface area contributed by atoms with E-state index in [1.165, 1.54) is 6.42 Å². The van der Waals surface area contributed by atoms with Crippen molar-refractivity contribution in [3.63, 3.8) is 0 Å². The lowest BCUT2D eigenvalue weighted by atomic mass is 10.1. The van der Waals surface area contributed by atoms with Gasteiger partial charge >= 0.3 is 0 Å². The largest absolute Gasteiger partial charge is 0.358 e. The molecule has 2 rings (SSSR count). The van der Waals surface area contributed by atoms with Gasteiger partial charge in [0, 0.05) is 19.7 Å². The van der Waals surface area contributed by atoms with E-state index in [0.717, 1.165) is 32.5 Å². The Morgan fingerprint density at radius 2 is 2.36 bits per heavy atom. The maximum Gasteiger partial charge on any atom is 0.241 e. The lowest BCUT2D eigenvalue weighted by molar-refractivity contribution is -0.155. The minimum Gasteiger partial charge on any atom is -0.358 e. The summed E-state index contributed by atoms with van der Waals surface area (Å²) in [6.07, 6.45) is 3.35. The van der Waals surface area contributed by atoms with Crippen LogP contribution in [0.25, 0.3) is 0 Å². The van der Waals surface area contributed by atoms with Crippen LogP contribution in [0.3, 0.4) is 0 Å². The number of amides is 1. The van der Waals surface area contributed by atoms with Gasteiger partial charge in [-0.25, -0.2) is 0 Å². The summed E-state index contributed by atoms with van der Waals surface area (Å²) in [6.45, 7) is 4.38. The fourth-order valence-electron chi connectivity index (χ4n) is 2.10. The molecule has 1 amide bonds. The van der Waals surface area contributed by atoms with Crippen LogP contribution in [0, 0.1) is 0 Å². The van der Waals surface area contributed by atoms with E-state index in [-0.39, 0.29) is 18.2 Å². The molecule has 2 fully saturated rings. The molecule has 0 radical (unpaired) electrons. The van der Waals surface area contributed by atoms with Gasteiger partial charge in [0.05, 0.1) is 6.04 Å². The van der Waals surface area contributed by atoms with Crippen molar-refractivity contribution in [2.24, 2.45) is 0 Å². The lowest BCUT2D eigenvalue weighted by Crippen LogP contribution is -2.58. The van der Waals surface area contributed by atoms with Crippen molar-refractivity contribution in [2.45, 2.75) is 38.5 Å². The molecule has 0 spiro atoms. The van der Waals surface area contributed by atoms with E-state index < -0.39 is 0 Å². The monoisotopic (exact) mass is 198 g/mol. The molecule has 2 aliphatic rings. The van der Waals surface area contributed by atoms with Crippen LogP contribution < -0.4 is 5.32 Å². The third-order valence-electron chi connectivity index (χ3n) is 2.96. The molecule has 0 aromatic rings. The highest BCUT2D eigenvalue weighted by molar-refractivity contribution is 5.82. The van der Waals surface area contributed by atoms with Gasteiger partial charge in [0.15, 0.2) is 0 Å². The number of carbonyl (C=O) groups is 1. The van der Waals surface area contributed by atoms with Crippen molar-refractivity contribution >= 4 is 5.91 Å². The van der Waals surface area contributed by atoms with E-state index in [9.17, 15) is 4.79 Å². The van der Waals surface area contributed by atoms with E-state index >= 15 is 0 Å². The van der Waals surface area contributed by atoms with Crippen molar-refractivity contribution in [2.75, 3.05) is 19.7 Å². The van der Waals surface area contributed by atoms with Gasteiger partial charge in [-0.15, -0.1) is 0 Å². The average molecular weight is 198 g/mol. The third-order valence-corrected chi connectivity index (χ3v) is 2.96. The van der Waals surface area contributed by atoms with Crippen LogP contribution in [0.4, 0.5) is 0 Å². The maximum atomic E-state index is 11.8. The van der Waals surface area contributed by atoms with Gasteiger partial charge in [-0.2, -0.15) is 0 Å². The zero-order chi connectivity index (χ0) is 9.97. The Hall–Kier alpha value is -0.610. The molecule has 4 heteroatoms. The summed E-state index contributed by atoms with van der Waals surface area (Å²) in [7, 11) is 0. The molecule has 2 aliphatic heterocycles. The van der Waals surface area contributed by atoms with Gasteiger partial charge in [-0.1, -0.05) is 0 Å². The molecule has 0 aliphatic carbocycles. The van der Waals surface area contributed by atoms with Crippen molar-refractivity contribution in [1.82, 2.24) is 10.2 Å². The van der Waals surface area contributed by atoms with Crippen molar-refractivity contribution in [3.8, 4) is 0 Å². The molecular weight excluding hydrogens is 180 g/mol. The quantitative estimate of drug-likeness (QED) is 0.660. The number of nitrogens with zero attached hydrogens (tertiary/aromatic N) is 1. The van der Waals surface area contributed by atoms with Crippen molar-refractivity contribution < 1.29 is 9.53 Å². The molecule has 1 N–H and O–H groups in total. The van der Waals surface area contributed by atoms with Crippen LogP contribution in [0.1, 0.15) is 26.2 Å². The minimum absolute atomic E-state index is 0.0424. The van der Waals surface area contributed by atoms with Gasteiger partial charge < -0.3 is 15.0 Å². The number of rotatable bonds is 1. The van der Waals surface area contributed by atoms with Gasteiger partial charge in [0.2, 0.25) is 5.91 Å². The molecule has 0 aromatic carbocycles. The second-order valence-corrected chi connectivity index (χ2v) is 4.03. The molecule has 0 bridgehead atoms. The normalized spacial score (nSPS) is 34.6. The van der Waals surface area contributed by atoms with E-state index in [2.05, 4.69) is 5.32 Å². The van der Waals surface area contributed by atoms with Crippen molar-refractivity contribution in [3.05, 3.63) is 0 Å². The van der Waals surface area contributed by atoms with Crippen LogP contribution in [0.15, 0.2) is 0 Å². The SMILES string of the molecule is CC1NCCN(C2CCCCO2)C1=O. The summed E-state index contributed by atoms with van der Waals surface area (Å²) < 4.78 is 5.61. The minimum atomic E-state index is -0.0470. The Labute approximate surface area is 84.6 Å². The first kappa shape index (κ1) is 9.93. The molecule has 2 atom stereocenters. The molecule has 80 valence electrons. The van der Waals surface area contributed by atoms with Gasteiger partial charge in [-0.05, 0) is 26.2 Å². The molecule has 14 heavy (non-hydrogen) atoms. The first-order chi connectivity index (χ1) is 6.79. The van der Waals surface area contributed by atoms with Gasteiger partial charge in [0.25, 0.3) is 0 Å². The maximum absolute atomic E-state index is 11.8. The van der Waals surface area contributed by atoms with E-state index in [4.69, 9.17) is 4.74 Å². The Bertz CT molecular complexity index is 214.